The predicted molar refractivity (Wildman–Crippen MR) is 163 cm³/mol. The van der Waals surface area contributed by atoms with Crippen LogP contribution in [0, 0.1) is 17.3 Å². The Morgan fingerprint density at radius 3 is 2.43 bits per heavy atom. The van der Waals surface area contributed by atoms with Gasteiger partial charge in [0.2, 0.25) is 0 Å². The molecule has 1 saturated carbocycles. The van der Waals surface area contributed by atoms with Gasteiger partial charge in [0, 0.05) is 29.5 Å². The molecular formula is C33H41F3N4O6. The lowest BCUT2D eigenvalue weighted by Crippen LogP contribution is -2.41. The maximum atomic E-state index is 14.7. The Morgan fingerprint density at radius 1 is 1.13 bits per heavy atom. The summed E-state index contributed by atoms with van der Waals surface area (Å²) >= 11 is 0. The molecule has 2 fully saturated rings. The third kappa shape index (κ3) is 6.38. The lowest BCUT2D eigenvalue weighted by molar-refractivity contribution is -0.158. The molecule has 1 aromatic heterocycles. The number of aromatic nitrogens is 1. The van der Waals surface area contributed by atoms with Gasteiger partial charge < -0.3 is 30.4 Å². The third-order valence-corrected chi connectivity index (χ3v) is 8.91. The number of hydrogen-bond donors (Lipinski definition) is 3. The first-order chi connectivity index (χ1) is 21.3. The molecule has 250 valence electrons. The van der Waals surface area contributed by atoms with Crippen LogP contribution in [0.1, 0.15) is 103 Å². The van der Waals surface area contributed by atoms with E-state index in [-0.39, 0.29) is 65.9 Å². The Hall–Kier alpha value is -3.87. The number of rotatable bonds is 7. The Morgan fingerprint density at radius 2 is 1.83 bits per heavy atom. The Bertz CT molecular complexity index is 1590. The highest BCUT2D eigenvalue weighted by Gasteiger charge is 2.50. The van der Waals surface area contributed by atoms with Gasteiger partial charge in [-0.25, -0.2) is 4.79 Å². The third-order valence-electron chi connectivity index (χ3n) is 8.91. The van der Waals surface area contributed by atoms with E-state index in [2.05, 4.69) is 10.6 Å². The second-order valence-electron chi connectivity index (χ2n) is 14.3. The van der Waals surface area contributed by atoms with Crippen molar-refractivity contribution in [3.05, 3.63) is 46.3 Å². The van der Waals surface area contributed by atoms with E-state index >= 15 is 0 Å². The molecular weight excluding hydrogens is 605 g/mol. The molecule has 13 heteroatoms. The fourth-order valence-corrected chi connectivity index (χ4v) is 7.28. The molecule has 0 spiro atoms. The van der Waals surface area contributed by atoms with Crippen molar-refractivity contribution in [1.29, 1.82) is 0 Å². The van der Waals surface area contributed by atoms with Crippen LogP contribution in [0.25, 0.3) is 5.69 Å². The van der Waals surface area contributed by atoms with Gasteiger partial charge in [-0.2, -0.15) is 13.2 Å². The molecule has 5 rings (SSSR count). The van der Waals surface area contributed by atoms with Crippen LogP contribution in [0.3, 0.4) is 0 Å². The maximum absolute atomic E-state index is 14.7. The monoisotopic (exact) mass is 646 g/mol. The van der Waals surface area contributed by atoms with Crippen molar-refractivity contribution >= 4 is 29.3 Å². The SMILES string of the molecule is CCOC(=O)c1c(C(F)(F)F)c2c(n1-c1ccc(C(N)=O)c(N[C@H]3C[C@@H]4CN[C@H](C(=O)OC(C)(C)C)[C@H]4C3)c1)CC(C)(C)CC2=O. The molecule has 0 radical (unpaired) electrons. The number of ketones is 1. The average molecular weight is 647 g/mol. The molecule has 46 heavy (non-hydrogen) atoms. The van der Waals surface area contributed by atoms with Crippen LogP contribution >= 0.6 is 0 Å². The number of hydrogen-bond acceptors (Lipinski definition) is 8. The molecule has 2 heterocycles. The molecule has 2 aromatic rings. The highest BCUT2D eigenvalue weighted by atomic mass is 19.4. The molecule has 1 saturated heterocycles. The van der Waals surface area contributed by atoms with Crippen molar-refractivity contribution in [3.63, 3.8) is 0 Å². The van der Waals surface area contributed by atoms with Crippen LogP contribution in [0.2, 0.25) is 0 Å². The molecule has 3 aliphatic rings. The van der Waals surface area contributed by atoms with Gasteiger partial charge in [-0.05, 0) is 89.0 Å². The molecule has 2 aliphatic carbocycles. The van der Waals surface area contributed by atoms with E-state index in [0.29, 0.717) is 19.4 Å². The number of nitrogens with one attached hydrogen (secondary N) is 2. The van der Waals surface area contributed by atoms with Crippen LogP contribution in [0.5, 0.6) is 0 Å². The van der Waals surface area contributed by atoms with E-state index in [1.807, 2.05) is 0 Å². The Labute approximate surface area is 265 Å². The van der Waals surface area contributed by atoms with Crippen molar-refractivity contribution in [2.75, 3.05) is 18.5 Å². The van der Waals surface area contributed by atoms with Gasteiger partial charge in [0.05, 0.1) is 23.3 Å². The first-order valence-electron chi connectivity index (χ1n) is 15.5. The second-order valence-corrected chi connectivity index (χ2v) is 14.3. The molecule has 0 bridgehead atoms. The number of anilines is 1. The van der Waals surface area contributed by atoms with E-state index in [1.165, 1.54) is 25.1 Å². The number of fused-ring (bicyclic) bond motifs is 2. The predicted octanol–water partition coefficient (Wildman–Crippen LogP) is 5.05. The van der Waals surface area contributed by atoms with Crippen molar-refractivity contribution < 1.29 is 41.8 Å². The minimum Gasteiger partial charge on any atom is -0.461 e. The maximum Gasteiger partial charge on any atom is 0.419 e. The summed E-state index contributed by atoms with van der Waals surface area (Å²) in [5, 5.41) is 6.62. The second kappa shape index (κ2) is 11.7. The quantitative estimate of drug-likeness (QED) is 0.355. The van der Waals surface area contributed by atoms with Gasteiger partial charge >= 0.3 is 18.1 Å². The van der Waals surface area contributed by atoms with E-state index < -0.39 is 57.7 Å². The van der Waals surface area contributed by atoms with Gasteiger partial charge in [0.25, 0.3) is 5.91 Å². The first kappa shape index (κ1) is 33.5. The summed E-state index contributed by atoms with van der Waals surface area (Å²) in [4.78, 5) is 51.9. The lowest BCUT2D eigenvalue weighted by atomic mass is 9.75. The molecule has 4 atom stereocenters. The zero-order valence-electron chi connectivity index (χ0n) is 26.9. The number of esters is 2. The van der Waals surface area contributed by atoms with Gasteiger partial charge in [-0.1, -0.05) is 13.8 Å². The summed E-state index contributed by atoms with van der Waals surface area (Å²) in [6, 6.07) is 3.60. The summed E-state index contributed by atoms with van der Waals surface area (Å²) < 4.78 is 55.8. The largest absolute Gasteiger partial charge is 0.461 e. The van der Waals surface area contributed by atoms with Crippen molar-refractivity contribution in [3.8, 4) is 5.69 Å². The molecule has 4 N–H and O–H groups in total. The van der Waals surface area contributed by atoms with Crippen molar-refractivity contribution in [2.24, 2.45) is 23.0 Å². The summed E-state index contributed by atoms with van der Waals surface area (Å²) in [5.74, 6) is -2.88. The Kier molecular flexibility index (Phi) is 8.54. The van der Waals surface area contributed by atoms with Gasteiger partial charge in [0.1, 0.15) is 17.3 Å². The number of amides is 1. The Balaban J connectivity index is 1.58. The van der Waals surface area contributed by atoms with E-state index in [4.69, 9.17) is 15.2 Å². The standard InChI is InChI=1S/C33H41F3N4O6/c1-7-45-30(44)27-25(33(34,35)36)24-22(13-32(5,6)14-23(24)41)40(27)18-8-9-19(28(37)42)21(12-18)39-17-10-16-15-38-26(20(16)11-17)29(43)46-31(2,3)4/h8-9,12,16-17,20,26,38-39H,7,10-11,13-15H2,1-6H3,(H2,37,42)/t16-,17+,20+,26+/m1/s1. The highest BCUT2D eigenvalue weighted by Crippen LogP contribution is 2.46. The zero-order valence-corrected chi connectivity index (χ0v) is 26.9. The van der Waals surface area contributed by atoms with Crippen LogP contribution in [-0.4, -0.2) is 59.0 Å². The average Bonchev–Trinajstić information content (AvgIpc) is 3.57. The summed E-state index contributed by atoms with van der Waals surface area (Å²) in [6.45, 7) is 10.9. The van der Waals surface area contributed by atoms with E-state index in [1.54, 1.807) is 34.6 Å². The molecule has 10 nitrogen and oxygen atoms in total. The van der Waals surface area contributed by atoms with Gasteiger partial charge in [-0.15, -0.1) is 0 Å². The molecule has 1 aliphatic heterocycles. The van der Waals surface area contributed by atoms with E-state index in [9.17, 15) is 32.3 Å². The normalized spacial score (nSPS) is 23.9. The molecule has 1 aromatic carbocycles. The smallest absolute Gasteiger partial charge is 0.419 e. The molecule has 0 unspecified atom stereocenters. The number of halogens is 3. The summed E-state index contributed by atoms with van der Waals surface area (Å²) in [6.07, 6.45) is -3.83. The van der Waals surface area contributed by atoms with Gasteiger partial charge in [0.15, 0.2) is 5.78 Å². The zero-order chi connectivity index (χ0) is 33.9. The number of primary amides is 1. The lowest BCUT2D eigenvalue weighted by Gasteiger charge is -2.30. The van der Waals surface area contributed by atoms with Gasteiger partial charge in [-0.3, -0.25) is 14.4 Å². The summed E-state index contributed by atoms with van der Waals surface area (Å²) in [7, 11) is 0. The number of carbonyl (C=O) groups is 4. The van der Waals surface area contributed by atoms with Crippen LogP contribution < -0.4 is 16.4 Å². The minimum atomic E-state index is -5.02. The molecule has 1 amide bonds. The van der Waals surface area contributed by atoms with Crippen molar-refractivity contribution in [1.82, 2.24) is 9.88 Å². The summed E-state index contributed by atoms with van der Waals surface area (Å²) in [5.41, 5.74) is 2.31. The first-order valence-corrected chi connectivity index (χ1v) is 15.5. The van der Waals surface area contributed by atoms with E-state index in [0.717, 1.165) is 4.57 Å². The number of nitrogens with zero attached hydrogens (tertiary/aromatic N) is 1. The van der Waals surface area contributed by atoms with Crippen LogP contribution in [-0.2, 0) is 26.9 Å². The fraction of sp³-hybridized carbons (Fsp3) is 0.576. The number of benzene rings is 1. The minimum absolute atomic E-state index is 0.0259. The fourth-order valence-electron chi connectivity index (χ4n) is 7.28. The number of alkyl halides is 3. The topological polar surface area (TPSA) is 142 Å². The number of nitrogens with two attached hydrogens (primary N) is 1. The highest BCUT2D eigenvalue weighted by molar-refractivity contribution is 6.05. The number of Topliss-reactive ketones (excluding diaryl/α,β-unsaturated/α-hetero) is 1. The van der Waals surface area contributed by atoms with Crippen LogP contribution in [0.4, 0.5) is 18.9 Å². The van der Waals surface area contributed by atoms with Crippen LogP contribution in [0.15, 0.2) is 18.2 Å². The number of ether oxygens (including phenoxy) is 2. The number of carbonyl (C=O) groups excluding carboxylic acids is 4. The van der Waals surface area contributed by atoms with Crippen molar-refractivity contribution in [2.45, 2.75) is 91.1 Å².